The van der Waals surface area contributed by atoms with E-state index in [0.29, 0.717) is 5.82 Å². The Kier molecular flexibility index (Phi) is 4.99. The minimum atomic E-state index is -0.142. The minimum absolute atomic E-state index is 0.134. The van der Waals surface area contributed by atoms with Crippen LogP contribution in [0.15, 0.2) is 61.3 Å². The normalized spacial score (nSPS) is 11.2. The van der Waals surface area contributed by atoms with Gasteiger partial charge in [0.25, 0.3) is 0 Å². The third kappa shape index (κ3) is 4.11. The smallest absolute Gasteiger partial charge is 0.247 e. The van der Waals surface area contributed by atoms with E-state index in [2.05, 4.69) is 20.5 Å². The standard InChI is InChI=1S/C21H23N7O/c1-15(2)28-20(12-16(3)24-28)23-21(29)13-27-10-8-19(25-27)17-4-6-18(7-5-17)26-11-9-22-14-26/h4-12,14-15H,13H2,1-3H3,(H,23,29). The van der Waals surface area contributed by atoms with Gasteiger partial charge in [0.15, 0.2) is 0 Å². The molecule has 8 nitrogen and oxygen atoms in total. The molecule has 29 heavy (non-hydrogen) atoms. The molecule has 0 unspecified atom stereocenters. The SMILES string of the molecule is Cc1cc(NC(=O)Cn2ccc(-c3ccc(-n4ccnc4)cc3)n2)n(C(C)C)n1. The molecule has 0 aliphatic rings. The van der Waals surface area contributed by atoms with Crippen LogP contribution in [0.25, 0.3) is 16.9 Å². The van der Waals surface area contributed by atoms with E-state index in [9.17, 15) is 4.79 Å². The van der Waals surface area contributed by atoms with Gasteiger partial charge in [-0.25, -0.2) is 9.67 Å². The molecule has 0 radical (unpaired) electrons. The quantitative estimate of drug-likeness (QED) is 0.547. The van der Waals surface area contributed by atoms with Crippen LogP contribution < -0.4 is 5.32 Å². The second-order valence-electron chi connectivity index (χ2n) is 7.17. The van der Waals surface area contributed by atoms with Gasteiger partial charge in [0, 0.05) is 41.9 Å². The predicted molar refractivity (Wildman–Crippen MR) is 111 cm³/mol. The Labute approximate surface area is 168 Å². The van der Waals surface area contributed by atoms with Crippen molar-refractivity contribution in [3.63, 3.8) is 0 Å². The molecule has 0 bridgehead atoms. The zero-order valence-corrected chi connectivity index (χ0v) is 16.6. The number of carbonyl (C=O) groups is 1. The Balaban J connectivity index is 1.43. The van der Waals surface area contributed by atoms with E-state index in [1.54, 1.807) is 17.2 Å². The zero-order valence-electron chi connectivity index (χ0n) is 16.6. The molecule has 0 fully saturated rings. The number of imidazole rings is 1. The zero-order chi connectivity index (χ0) is 20.4. The van der Waals surface area contributed by atoms with Crippen molar-refractivity contribution in [2.75, 3.05) is 5.32 Å². The highest BCUT2D eigenvalue weighted by molar-refractivity contribution is 5.89. The molecule has 148 valence electrons. The number of hydrogen-bond acceptors (Lipinski definition) is 4. The summed E-state index contributed by atoms with van der Waals surface area (Å²) in [4.78, 5) is 16.5. The van der Waals surface area contributed by atoms with Crippen LogP contribution in [-0.4, -0.2) is 35.0 Å². The first kappa shape index (κ1) is 18.7. The molecule has 1 amide bonds. The van der Waals surface area contributed by atoms with Gasteiger partial charge in [0.2, 0.25) is 5.91 Å². The fourth-order valence-electron chi connectivity index (χ4n) is 3.15. The highest BCUT2D eigenvalue weighted by Crippen LogP contribution is 2.20. The van der Waals surface area contributed by atoms with Gasteiger partial charge in [0.1, 0.15) is 12.4 Å². The number of benzene rings is 1. The van der Waals surface area contributed by atoms with Crippen molar-refractivity contribution in [1.29, 1.82) is 0 Å². The molecule has 1 N–H and O–H groups in total. The van der Waals surface area contributed by atoms with E-state index in [-0.39, 0.29) is 18.5 Å². The monoisotopic (exact) mass is 389 g/mol. The summed E-state index contributed by atoms with van der Waals surface area (Å²) in [6.07, 6.45) is 7.21. The first-order valence-corrected chi connectivity index (χ1v) is 9.48. The van der Waals surface area contributed by atoms with Gasteiger partial charge in [-0.05, 0) is 39.0 Å². The van der Waals surface area contributed by atoms with Crippen LogP contribution in [0.4, 0.5) is 5.82 Å². The molecule has 4 aromatic rings. The van der Waals surface area contributed by atoms with Gasteiger partial charge in [-0.3, -0.25) is 9.48 Å². The van der Waals surface area contributed by atoms with Crippen LogP contribution in [0, 0.1) is 6.92 Å². The lowest BCUT2D eigenvalue weighted by atomic mass is 10.1. The number of aromatic nitrogens is 6. The largest absolute Gasteiger partial charge is 0.309 e. The van der Waals surface area contributed by atoms with E-state index >= 15 is 0 Å². The third-order valence-corrected chi connectivity index (χ3v) is 4.53. The van der Waals surface area contributed by atoms with E-state index < -0.39 is 0 Å². The number of nitrogens with one attached hydrogen (secondary N) is 1. The predicted octanol–water partition coefficient (Wildman–Crippen LogP) is 3.46. The van der Waals surface area contributed by atoms with Crippen molar-refractivity contribution in [3.8, 4) is 16.9 Å². The molecule has 0 atom stereocenters. The Hall–Kier alpha value is -3.68. The molecule has 3 heterocycles. The van der Waals surface area contributed by atoms with Gasteiger partial charge in [0.05, 0.1) is 17.7 Å². The van der Waals surface area contributed by atoms with E-state index in [1.165, 1.54) is 0 Å². The third-order valence-electron chi connectivity index (χ3n) is 4.53. The molecular weight excluding hydrogens is 366 g/mol. The van der Waals surface area contributed by atoms with Crippen molar-refractivity contribution in [2.45, 2.75) is 33.4 Å². The molecule has 0 aliphatic heterocycles. The second kappa shape index (κ2) is 7.75. The first-order chi connectivity index (χ1) is 14.0. The van der Waals surface area contributed by atoms with Gasteiger partial charge < -0.3 is 9.88 Å². The number of nitrogens with zero attached hydrogens (tertiary/aromatic N) is 6. The maximum atomic E-state index is 12.5. The lowest BCUT2D eigenvalue weighted by molar-refractivity contribution is -0.116. The van der Waals surface area contributed by atoms with Crippen LogP contribution >= 0.6 is 0 Å². The number of aryl methyl sites for hydroxylation is 1. The average Bonchev–Trinajstić information content (AvgIpc) is 3.43. The van der Waals surface area contributed by atoms with Crippen LogP contribution in [0.3, 0.4) is 0 Å². The summed E-state index contributed by atoms with van der Waals surface area (Å²) in [5.41, 5.74) is 3.70. The van der Waals surface area contributed by atoms with Crippen molar-refractivity contribution in [3.05, 3.63) is 67.0 Å². The molecular formula is C21H23N7O. The van der Waals surface area contributed by atoms with Crippen molar-refractivity contribution < 1.29 is 4.79 Å². The molecule has 3 aromatic heterocycles. The summed E-state index contributed by atoms with van der Waals surface area (Å²) in [5, 5.41) is 11.9. The number of carbonyl (C=O) groups excluding carboxylic acids is 1. The number of hydrogen-bond donors (Lipinski definition) is 1. The van der Waals surface area contributed by atoms with Gasteiger partial charge in [-0.15, -0.1) is 0 Å². The lowest BCUT2D eigenvalue weighted by Crippen LogP contribution is -2.21. The van der Waals surface area contributed by atoms with E-state index in [0.717, 1.165) is 22.6 Å². The van der Waals surface area contributed by atoms with E-state index in [1.807, 2.05) is 78.8 Å². The summed E-state index contributed by atoms with van der Waals surface area (Å²) in [7, 11) is 0. The van der Waals surface area contributed by atoms with Gasteiger partial charge >= 0.3 is 0 Å². The van der Waals surface area contributed by atoms with Crippen molar-refractivity contribution in [1.82, 2.24) is 29.1 Å². The van der Waals surface area contributed by atoms with Crippen LogP contribution in [-0.2, 0) is 11.3 Å². The first-order valence-electron chi connectivity index (χ1n) is 9.48. The topological polar surface area (TPSA) is 82.6 Å². The fraction of sp³-hybridized carbons (Fsp3) is 0.238. The molecule has 0 saturated carbocycles. The lowest BCUT2D eigenvalue weighted by Gasteiger charge is -2.11. The number of rotatable bonds is 6. The summed E-state index contributed by atoms with van der Waals surface area (Å²) < 4.78 is 5.39. The van der Waals surface area contributed by atoms with Gasteiger partial charge in [-0.1, -0.05) is 12.1 Å². The second-order valence-corrected chi connectivity index (χ2v) is 7.17. The number of amides is 1. The summed E-state index contributed by atoms with van der Waals surface area (Å²) in [5.74, 6) is 0.557. The van der Waals surface area contributed by atoms with E-state index in [4.69, 9.17) is 0 Å². The average molecular weight is 389 g/mol. The summed E-state index contributed by atoms with van der Waals surface area (Å²) in [6.45, 7) is 6.10. The molecule has 1 aromatic carbocycles. The fourth-order valence-corrected chi connectivity index (χ4v) is 3.15. The molecule has 8 heteroatoms. The van der Waals surface area contributed by atoms with Crippen molar-refractivity contribution >= 4 is 11.7 Å². The van der Waals surface area contributed by atoms with Gasteiger partial charge in [-0.2, -0.15) is 10.2 Å². The number of anilines is 1. The molecule has 0 aliphatic carbocycles. The van der Waals surface area contributed by atoms with Crippen LogP contribution in [0.1, 0.15) is 25.6 Å². The maximum absolute atomic E-state index is 12.5. The maximum Gasteiger partial charge on any atom is 0.247 e. The highest BCUT2D eigenvalue weighted by atomic mass is 16.2. The molecule has 4 rings (SSSR count). The molecule has 0 saturated heterocycles. The Morgan fingerprint density at radius 2 is 1.90 bits per heavy atom. The highest BCUT2D eigenvalue weighted by Gasteiger charge is 2.13. The van der Waals surface area contributed by atoms with Crippen LogP contribution in [0.2, 0.25) is 0 Å². The van der Waals surface area contributed by atoms with Crippen LogP contribution in [0.5, 0.6) is 0 Å². The summed E-state index contributed by atoms with van der Waals surface area (Å²) >= 11 is 0. The Morgan fingerprint density at radius 1 is 1.10 bits per heavy atom. The van der Waals surface area contributed by atoms with Crippen molar-refractivity contribution in [2.24, 2.45) is 0 Å². The molecule has 0 spiro atoms. The Morgan fingerprint density at radius 3 is 2.59 bits per heavy atom. The Bertz CT molecular complexity index is 1100. The summed E-state index contributed by atoms with van der Waals surface area (Å²) in [6, 6.07) is 12.0. The minimum Gasteiger partial charge on any atom is -0.309 e.